The molecular weight excluding hydrogens is 395 g/mol. The molecule has 10 heteroatoms. The molecule has 2 fully saturated rings. The minimum Gasteiger partial charge on any atom is -0.475 e. The first kappa shape index (κ1) is 21.7. The Labute approximate surface area is 166 Å². The van der Waals surface area contributed by atoms with Gasteiger partial charge in [-0.05, 0) is 37.5 Å². The van der Waals surface area contributed by atoms with Crippen molar-refractivity contribution in [1.29, 1.82) is 0 Å². The average Bonchev–Trinajstić information content (AvgIpc) is 3.29. The second-order valence-electron chi connectivity index (χ2n) is 6.93. The molecule has 0 amide bonds. The van der Waals surface area contributed by atoms with Gasteiger partial charge in [0.15, 0.2) is 11.5 Å². The largest absolute Gasteiger partial charge is 0.490 e. The first-order chi connectivity index (χ1) is 13.8. The van der Waals surface area contributed by atoms with E-state index < -0.39 is 12.1 Å². The van der Waals surface area contributed by atoms with Gasteiger partial charge >= 0.3 is 12.1 Å². The van der Waals surface area contributed by atoms with Crippen LogP contribution in [0.4, 0.5) is 13.2 Å². The molecule has 4 rings (SSSR count). The Hall–Kier alpha value is -2.04. The van der Waals surface area contributed by atoms with Crippen LogP contribution in [-0.4, -0.2) is 67.0 Å². The molecule has 2 heterocycles. The predicted molar refractivity (Wildman–Crippen MR) is 94.8 cm³/mol. The van der Waals surface area contributed by atoms with Crippen LogP contribution in [0.5, 0.6) is 11.5 Å². The zero-order valence-electron chi connectivity index (χ0n) is 16.0. The molecule has 1 aromatic carbocycles. The van der Waals surface area contributed by atoms with Gasteiger partial charge in [-0.25, -0.2) is 4.79 Å². The summed E-state index contributed by atoms with van der Waals surface area (Å²) in [7, 11) is 0. The molecule has 1 saturated carbocycles. The molecule has 0 spiro atoms. The van der Waals surface area contributed by atoms with Gasteiger partial charge in [0.25, 0.3) is 0 Å². The van der Waals surface area contributed by atoms with Gasteiger partial charge in [-0.3, -0.25) is 4.90 Å². The highest BCUT2D eigenvalue weighted by molar-refractivity contribution is 5.73. The number of benzene rings is 1. The number of hydrogen-bond acceptors (Lipinski definition) is 6. The summed E-state index contributed by atoms with van der Waals surface area (Å²) < 4.78 is 54.4. The van der Waals surface area contributed by atoms with Gasteiger partial charge in [-0.2, -0.15) is 13.2 Å². The van der Waals surface area contributed by atoms with Crippen LogP contribution in [0.25, 0.3) is 0 Å². The summed E-state index contributed by atoms with van der Waals surface area (Å²) in [5.41, 5.74) is 1.27. The molecule has 29 heavy (non-hydrogen) atoms. The number of morpholine rings is 1. The van der Waals surface area contributed by atoms with Gasteiger partial charge in [-0.1, -0.05) is 6.07 Å². The fraction of sp³-hybridized carbons (Fsp3) is 0.632. The first-order valence-corrected chi connectivity index (χ1v) is 9.45. The second kappa shape index (κ2) is 9.19. The molecule has 1 aromatic rings. The third kappa shape index (κ3) is 5.31. The Morgan fingerprint density at radius 2 is 2.00 bits per heavy atom. The summed E-state index contributed by atoms with van der Waals surface area (Å²) in [5, 5.41) is 7.12. The van der Waals surface area contributed by atoms with E-state index in [1.165, 1.54) is 5.56 Å². The number of rotatable bonds is 4. The fourth-order valence-corrected chi connectivity index (χ4v) is 3.85. The van der Waals surface area contributed by atoms with E-state index in [4.69, 9.17) is 28.8 Å². The Morgan fingerprint density at radius 3 is 2.69 bits per heavy atom. The molecule has 3 aliphatic rings. The van der Waals surface area contributed by atoms with Crippen LogP contribution in [0.2, 0.25) is 0 Å². The maximum atomic E-state index is 10.6. The summed E-state index contributed by atoms with van der Waals surface area (Å²) in [6, 6.07) is 6.71. The van der Waals surface area contributed by atoms with Gasteiger partial charge in [0.1, 0.15) is 0 Å². The standard InChI is InChI=1S/C17H23NO4.C2HF3O2/c1-2-19-15-6-4-13-17(15)20-8-7-18(13)10-12-3-5-14-16(9-12)22-11-21-14;3-2(4,5)1(6)7/h3,5,9,13,15,17H,2,4,6-8,10-11H2,1H3;(H,6,7)/t13-,15-,17+;/m0./s1. The highest BCUT2D eigenvalue weighted by Crippen LogP contribution is 2.35. The van der Waals surface area contributed by atoms with E-state index in [0.717, 1.165) is 50.6 Å². The quantitative estimate of drug-likeness (QED) is 0.804. The molecule has 0 aromatic heterocycles. The Morgan fingerprint density at radius 1 is 1.28 bits per heavy atom. The summed E-state index contributed by atoms with van der Waals surface area (Å²) >= 11 is 0. The summed E-state index contributed by atoms with van der Waals surface area (Å²) in [6.45, 7) is 5.85. The SMILES string of the molecule is CCO[C@H]1CC[C@H]2[C@H]1OCCN2Cc1ccc2c(c1)OCO2.O=C(O)C(F)(F)F. The molecule has 1 saturated heterocycles. The third-order valence-corrected chi connectivity index (χ3v) is 5.10. The predicted octanol–water partition coefficient (Wildman–Crippen LogP) is 2.82. The maximum Gasteiger partial charge on any atom is 0.490 e. The molecule has 1 aliphatic carbocycles. The smallest absolute Gasteiger partial charge is 0.475 e. The molecule has 162 valence electrons. The van der Waals surface area contributed by atoms with Gasteiger partial charge in [-0.15, -0.1) is 0 Å². The number of fused-ring (bicyclic) bond motifs is 2. The lowest BCUT2D eigenvalue weighted by atomic mass is 10.1. The van der Waals surface area contributed by atoms with Crippen molar-refractivity contribution < 1.29 is 42.0 Å². The Bertz CT molecular complexity index is 714. The van der Waals surface area contributed by atoms with Gasteiger partial charge in [0.2, 0.25) is 6.79 Å². The number of carbonyl (C=O) groups is 1. The monoisotopic (exact) mass is 419 g/mol. The van der Waals surface area contributed by atoms with E-state index in [0.29, 0.717) is 12.8 Å². The van der Waals surface area contributed by atoms with E-state index >= 15 is 0 Å². The number of alkyl halides is 3. The van der Waals surface area contributed by atoms with Crippen molar-refractivity contribution in [2.24, 2.45) is 0 Å². The Kier molecular flexibility index (Phi) is 6.86. The lowest BCUT2D eigenvalue weighted by Gasteiger charge is -2.39. The van der Waals surface area contributed by atoms with Crippen molar-refractivity contribution >= 4 is 5.97 Å². The van der Waals surface area contributed by atoms with Crippen molar-refractivity contribution in [3.63, 3.8) is 0 Å². The zero-order chi connectivity index (χ0) is 21.0. The van der Waals surface area contributed by atoms with Gasteiger partial charge in [0, 0.05) is 25.7 Å². The van der Waals surface area contributed by atoms with E-state index in [2.05, 4.69) is 24.0 Å². The number of ether oxygens (including phenoxy) is 4. The minimum atomic E-state index is -5.08. The van der Waals surface area contributed by atoms with Gasteiger partial charge < -0.3 is 24.1 Å². The molecular formula is C19H24F3NO6. The lowest BCUT2D eigenvalue weighted by Crippen LogP contribution is -2.51. The van der Waals surface area contributed by atoms with E-state index in [-0.39, 0.29) is 12.2 Å². The number of carboxylic acid groups (broad SMARTS) is 1. The molecule has 1 N–H and O–H groups in total. The van der Waals surface area contributed by atoms with E-state index in [9.17, 15) is 13.2 Å². The normalized spacial score (nSPS) is 25.9. The third-order valence-electron chi connectivity index (χ3n) is 5.10. The van der Waals surface area contributed by atoms with Crippen molar-refractivity contribution in [1.82, 2.24) is 4.90 Å². The number of nitrogens with zero attached hydrogens (tertiary/aromatic N) is 1. The number of hydrogen-bond donors (Lipinski definition) is 1. The summed E-state index contributed by atoms with van der Waals surface area (Å²) in [4.78, 5) is 11.4. The molecule has 0 bridgehead atoms. The van der Waals surface area contributed by atoms with Crippen LogP contribution >= 0.6 is 0 Å². The van der Waals surface area contributed by atoms with Crippen LogP contribution in [0.1, 0.15) is 25.3 Å². The zero-order valence-corrected chi connectivity index (χ0v) is 16.0. The van der Waals surface area contributed by atoms with Crippen LogP contribution in [-0.2, 0) is 20.8 Å². The fourth-order valence-electron chi connectivity index (χ4n) is 3.85. The second-order valence-corrected chi connectivity index (χ2v) is 6.93. The van der Waals surface area contributed by atoms with Crippen molar-refractivity contribution in [3.05, 3.63) is 23.8 Å². The van der Waals surface area contributed by atoms with Crippen LogP contribution in [0.15, 0.2) is 18.2 Å². The van der Waals surface area contributed by atoms with Crippen LogP contribution < -0.4 is 9.47 Å². The maximum absolute atomic E-state index is 10.6. The molecule has 3 atom stereocenters. The van der Waals surface area contributed by atoms with E-state index in [1.54, 1.807) is 0 Å². The summed E-state index contributed by atoms with van der Waals surface area (Å²) in [5.74, 6) is -1.05. The highest BCUT2D eigenvalue weighted by atomic mass is 19.4. The van der Waals surface area contributed by atoms with Crippen molar-refractivity contribution in [2.45, 2.75) is 50.7 Å². The topological polar surface area (TPSA) is 77.5 Å². The van der Waals surface area contributed by atoms with Gasteiger partial charge in [0.05, 0.1) is 18.8 Å². The summed E-state index contributed by atoms with van der Waals surface area (Å²) in [6.07, 6.45) is -2.35. The lowest BCUT2D eigenvalue weighted by molar-refractivity contribution is -0.192. The first-order valence-electron chi connectivity index (χ1n) is 9.45. The molecule has 7 nitrogen and oxygen atoms in total. The van der Waals surface area contributed by atoms with E-state index in [1.807, 2.05) is 6.07 Å². The highest BCUT2D eigenvalue weighted by Gasteiger charge is 2.43. The number of carboxylic acids is 1. The Balaban J connectivity index is 0.000000298. The number of halogens is 3. The molecule has 2 aliphatic heterocycles. The minimum absolute atomic E-state index is 0.225. The van der Waals surface area contributed by atoms with Crippen LogP contribution in [0.3, 0.4) is 0 Å². The molecule has 0 radical (unpaired) electrons. The number of aliphatic carboxylic acids is 1. The molecule has 0 unspecified atom stereocenters. The van der Waals surface area contributed by atoms with Crippen LogP contribution in [0, 0.1) is 0 Å². The van der Waals surface area contributed by atoms with Crippen molar-refractivity contribution in [2.75, 3.05) is 26.6 Å². The average molecular weight is 419 g/mol. The van der Waals surface area contributed by atoms with Crippen molar-refractivity contribution in [3.8, 4) is 11.5 Å².